The van der Waals surface area contributed by atoms with E-state index in [0.717, 1.165) is 0 Å². The third-order valence-electron chi connectivity index (χ3n) is 2.95. The van der Waals surface area contributed by atoms with Crippen molar-refractivity contribution in [1.29, 1.82) is 0 Å². The van der Waals surface area contributed by atoms with Gasteiger partial charge in [0.05, 0.1) is 6.04 Å². The predicted molar refractivity (Wildman–Crippen MR) is 55.8 cm³/mol. The zero-order valence-corrected chi connectivity index (χ0v) is 9.83. The number of nitrogens with one attached hydrogen (secondary N) is 1. The second-order valence-corrected chi connectivity index (χ2v) is 4.01. The van der Waals surface area contributed by atoms with Crippen LogP contribution in [-0.2, 0) is 0 Å². The number of hydrazine groups is 1. The first kappa shape index (κ1) is 14.8. The summed E-state index contributed by atoms with van der Waals surface area (Å²) in [6, 6.07) is -1.15. The third-order valence-corrected chi connectivity index (χ3v) is 2.95. The van der Waals surface area contributed by atoms with Crippen molar-refractivity contribution in [3.05, 3.63) is 34.6 Å². The van der Waals surface area contributed by atoms with Crippen LogP contribution in [-0.4, -0.2) is 0 Å². The fourth-order valence-electron chi connectivity index (χ4n) is 1.66. The van der Waals surface area contributed by atoms with Crippen molar-refractivity contribution >= 4 is 0 Å². The van der Waals surface area contributed by atoms with Gasteiger partial charge in [-0.15, -0.1) is 0 Å². The van der Waals surface area contributed by atoms with Gasteiger partial charge in [-0.25, -0.2) is 22.0 Å². The predicted octanol–water partition coefficient (Wildman–Crippen LogP) is 2.93. The maximum Gasteiger partial charge on any atom is 0.200 e. The SMILES string of the molecule is CCC(C)C(NN)c1c(F)c(F)c(F)c(F)c1F. The van der Waals surface area contributed by atoms with Crippen molar-refractivity contribution in [1.82, 2.24) is 5.43 Å². The lowest BCUT2D eigenvalue weighted by molar-refractivity contribution is 0.321. The van der Waals surface area contributed by atoms with Crippen LogP contribution in [0.1, 0.15) is 31.9 Å². The van der Waals surface area contributed by atoms with Crippen LogP contribution in [0.4, 0.5) is 22.0 Å². The van der Waals surface area contributed by atoms with E-state index in [1.807, 2.05) is 0 Å². The van der Waals surface area contributed by atoms with Gasteiger partial charge in [0.25, 0.3) is 0 Å². The molecule has 0 radical (unpaired) electrons. The zero-order chi connectivity index (χ0) is 14.0. The van der Waals surface area contributed by atoms with Gasteiger partial charge >= 0.3 is 0 Å². The molecule has 18 heavy (non-hydrogen) atoms. The van der Waals surface area contributed by atoms with Gasteiger partial charge in [-0.3, -0.25) is 11.3 Å². The Balaban J connectivity index is 3.48. The first-order valence-corrected chi connectivity index (χ1v) is 5.34. The Bertz CT molecular complexity index is 421. The van der Waals surface area contributed by atoms with E-state index in [0.29, 0.717) is 6.42 Å². The highest BCUT2D eigenvalue weighted by Crippen LogP contribution is 2.32. The van der Waals surface area contributed by atoms with Crippen molar-refractivity contribution in [2.75, 3.05) is 0 Å². The summed E-state index contributed by atoms with van der Waals surface area (Å²) < 4.78 is 66.0. The summed E-state index contributed by atoms with van der Waals surface area (Å²) in [7, 11) is 0. The van der Waals surface area contributed by atoms with Crippen LogP contribution in [0.3, 0.4) is 0 Å². The van der Waals surface area contributed by atoms with Gasteiger partial charge in [-0.05, 0) is 5.92 Å². The molecule has 1 rings (SSSR count). The van der Waals surface area contributed by atoms with Gasteiger partial charge in [-0.1, -0.05) is 20.3 Å². The minimum Gasteiger partial charge on any atom is -0.271 e. The van der Waals surface area contributed by atoms with Crippen molar-refractivity contribution in [2.45, 2.75) is 26.3 Å². The Labute approximate surface area is 101 Å². The van der Waals surface area contributed by atoms with E-state index in [1.54, 1.807) is 13.8 Å². The number of hydrogen-bond acceptors (Lipinski definition) is 2. The minimum absolute atomic E-state index is 0.400. The molecule has 7 heteroatoms. The molecule has 3 N–H and O–H groups in total. The van der Waals surface area contributed by atoms with Gasteiger partial charge in [0.1, 0.15) is 0 Å². The van der Waals surface area contributed by atoms with Crippen molar-refractivity contribution in [3.63, 3.8) is 0 Å². The van der Waals surface area contributed by atoms with Gasteiger partial charge < -0.3 is 0 Å². The van der Waals surface area contributed by atoms with E-state index in [4.69, 9.17) is 5.84 Å². The van der Waals surface area contributed by atoms with E-state index in [1.165, 1.54) is 0 Å². The van der Waals surface area contributed by atoms with Crippen LogP contribution in [0.5, 0.6) is 0 Å². The molecular formula is C11H13F5N2. The van der Waals surface area contributed by atoms with Gasteiger partial charge in [0, 0.05) is 5.56 Å². The first-order chi connectivity index (χ1) is 8.36. The summed E-state index contributed by atoms with van der Waals surface area (Å²) in [4.78, 5) is 0. The maximum absolute atomic E-state index is 13.5. The second-order valence-electron chi connectivity index (χ2n) is 4.01. The molecule has 1 aromatic rings. The molecule has 0 aliphatic heterocycles. The van der Waals surface area contributed by atoms with Gasteiger partial charge in [0.2, 0.25) is 5.82 Å². The maximum atomic E-state index is 13.5. The monoisotopic (exact) mass is 268 g/mol. The van der Waals surface area contributed by atoms with E-state index in [9.17, 15) is 22.0 Å². The van der Waals surface area contributed by atoms with Crippen molar-refractivity contribution in [3.8, 4) is 0 Å². The highest BCUT2D eigenvalue weighted by Gasteiger charge is 2.31. The third kappa shape index (κ3) is 2.32. The van der Waals surface area contributed by atoms with Crippen molar-refractivity contribution < 1.29 is 22.0 Å². The average molecular weight is 268 g/mol. The summed E-state index contributed by atoms with van der Waals surface area (Å²) in [5.41, 5.74) is 1.16. The van der Waals surface area contributed by atoms with E-state index in [-0.39, 0.29) is 0 Å². The second kappa shape index (κ2) is 5.62. The first-order valence-electron chi connectivity index (χ1n) is 5.34. The van der Waals surface area contributed by atoms with E-state index >= 15 is 0 Å². The van der Waals surface area contributed by atoms with Crippen LogP contribution in [0.25, 0.3) is 0 Å². The van der Waals surface area contributed by atoms with E-state index in [2.05, 4.69) is 5.43 Å². The van der Waals surface area contributed by atoms with Gasteiger partial charge in [-0.2, -0.15) is 0 Å². The van der Waals surface area contributed by atoms with Crippen LogP contribution in [0.2, 0.25) is 0 Å². The van der Waals surface area contributed by atoms with Crippen molar-refractivity contribution in [2.24, 2.45) is 11.8 Å². The number of nitrogens with two attached hydrogens (primary N) is 1. The molecule has 102 valence electrons. The Morgan fingerprint density at radius 2 is 1.33 bits per heavy atom. The number of hydrogen-bond donors (Lipinski definition) is 2. The molecule has 0 heterocycles. The normalized spacial score (nSPS) is 14.7. The largest absolute Gasteiger partial charge is 0.271 e. The molecule has 0 saturated heterocycles. The summed E-state index contributed by atoms with van der Waals surface area (Å²) in [6.45, 7) is 3.30. The quantitative estimate of drug-likeness (QED) is 0.290. The van der Waals surface area contributed by atoms with E-state index < -0.39 is 46.6 Å². The lowest BCUT2D eigenvalue weighted by Gasteiger charge is -2.23. The molecular weight excluding hydrogens is 255 g/mol. The molecule has 0 bridgehead atoms. The van der Waals surface area contributed by atoms with Gasteiger partial charge in [0.15, 0.2) is 23.3 Å². The van der Waals surface area contributed by atoms with Crippen LogP contribution < -0.4 is 11.3 Å². The fraction of sp³-hybridized carbons (Fsp3) is 0.455. The summed E-state index contributed by atoms with van der Waals surface area (Å²) >= 11 is 0. The molecule has 1 aromatic carbocycles. The molecule has 0 spiro atoms. The molecule has 2 nitrogen and oxygen atoms in total. The summed E-state index contributed by atoms with van der Waals surface area (Å²) in [5, 5.41) is 0. The molecule has 2 atom stereocenters. The lowest BCUT2D eigenvalue weighted by atomic mass is 9.92. The highest BCUT2D eigenvalue weighted by molar-refractivity contribution is 5.27. The highest BCUT2D eigenvalue weighted by atomic mass is 19.2. The molecule has 0 fully saturated rings. The average Bonchev–Trinajstić information content (AvgIpc) is 2.38. The molecule has 0 amide bonds. The molecule has 0 aliphatic rings. The smallest absolute Gasteiger partial charge is 0.200 e. The summed E-state index contributed by atoms with van der Waals surface area (Å²) in [6.07, 6.45) is 0.453. The number of halogens is 5. The Kier molecular flexibility index (Phi) is 4.64. The Morgan fingerprint density at radius 1 is 0.944 bits per heavy atom. The lowest BCUT2D eigenvalue weighted by Crippen LogP contribution is -2.34. The van der Waals surface area contributed by atoms with Crippen LogP contribution in [0.15, 0.2) is 0 Å². The standard InChI is InChI=1S/C11H13F5N2/c1-3-4(2)11(18-17)5-6(12)8(14)10(16)9(15)7(5)13/h4,11,18H,3,17H2,1-2H3. The topological polar surface area (TPSA) is 38.0 Å². The Morgan fingerprint density at radius 3 is 1.67 bits per heavy atom. The molecule has 0 aliphatic carbocycles. The summed E-state index contributed by atoms with van der Waals surface area (Å²) in [5.74, 6) is -5.07. The zero-order valence-electron chi connectivity index (χ0n) is 9.83. The molecule has 0 aromatic heterocycles. The minimum atomic E-state index is -2.17. The number of rotatable bonds is 4. The molecule has 2 unspecified atom stereocenters. The van der Waals surface area contributed by atoms with Crippen LogP contribution in [0, 0.1) is 35.0 Å². The Hall–Kier alpha value is -1.21. The fourth-order valence-corrected chi connectivity index (χ4v) is 1.66. The van der Waals surface area contributed by atoms with Crippen LogP contribution >= 0.6 is 0 Å². The number of benzene rings is 1. The molecule has 0 saturated carbocycles.